The number of rotatable bonds is 6. The third-order valence-corrected chi connectivity index (χ3v) is 3.82. The maximum Gasteiger partial charge on any atom is 0.129 e. The van der Waals surface area contributed by atoms with Crippen molar-refractivity contribution >= 4 is 5.84 Å². The Hall–Kier alpha value is -1.59. The van der Waals surface area contributed by atoms with Gasteiger partial charge < -0.3 is 15.2 Å². The van der Waals surface area contributed by atoms with Gasteiger partial charge >= 0.3 is 0 Å². The Labute approximate surface area is 126 Å². The first kappa shape index (κ1) is 15.8. The van der Waals surface area contributed by atoms with E-state index in [0.717, 1.165) is 38.2 Å². The van der Waals surface area contributed by atoms with Crippen molar-refractivity contribution in [3.8, 4) is 5.75 Å². The minimum atomic E-state index is 0.0412. The van der Waals surface area contributed by atoms with Crippen LogP contribution >= 0.6 is 0 Å². The van der Waals surface area contributed by atoms with Crippen molar-refractivity contribution in [3.63, 3.8) is 0 Å². The molecule has 1 heterocycles. The van der Waals surface area contributed by atoms with Crippen LogP contribution in [0.2, 0.25) is 0 Å². The van der Waals surface area contributed by atoms with E-state index in [1.54, 1.807) is 7.11 Å². The number of likely N-dealkylation sites (tertiary alicyclic amines) is 1. The summed E-state index contributed by atoms with van der Waals surface area (Å²) in [4.78, 5) is 2.40. The number of amidine groups is 1. The molecule has 21 heavy (non-hydrogen) atoms. The predicted octanol–water partition coefficient (Wildman–Crippen LogP) is 1.98. The largest absolute Gasteiger partial charge is 0.496 e. The van der Waals surface area contributed by atoms with Gasteiger partial charge in [0.15, 0.2) is 0 Å². The zero-order valence-corrected chi connectivity index (χ0v) is 12.9. The molecule has 0 spiro atoms. The smallest absolute Gasteiger partial charge is 0.129 e. The summed E-state index contributed by atoms with van der Waals surface area (Å²) >= 11 is 0. The molecule has 0 bridgehead atoms. The number of nitrogens with zero attached hydrogens (tertiary/aromatic N) is 1. The van der Waals surface area contributed by atoms with E-state index in [0.29, 0.717) is 17.4 Å². The molecule has 1 aliphatic rings. The third-order valence-electron chi connectivity index (χ3n) is 3.82. The molecule has 3 N–H and O–H groups in total. The molecule has 5 heteroatoms. The van der Waals surface area contributed by atoms with Crippen LogP contribution in [0.3, 0.4) is 0 Å². The molecule has 1 saturated heterocycles. The molecule has 1 aromatic carbocycles. The van der Waals surface area contributed by atoms with Crippen LogP contribution in [0.25, 0.3) is 0 Å². The van der Waals surface area contributed by atoms with Crippen molar-refractivity contribution < 1.29 is 9.47 Å². The van der Waals surface area contributed by atoms with Crippen molar-refractivity contribution in [2.75, 3.05) is 26.8 Å². The van der Waals surface area contributed by atoms with Crippen molar-refractivity contribution in [2.24, 2.45) is 5.73 Å². The van der Waals surface area contributed by atoms with E-state index in [4.69, 9.17) is 20.6 Å². The molecule has 1 aromatic rings. The fraction of sp³-hybridized carbons (Fsp3) is 0.562. The highest BCUT2D eigenvalue weighted by molar-refractivity contribution is 5.97. The Morgan fingerprint density at radius 3 is 2.95 bits per heavy atom. The monoisotopic (exact) mass is 291 g/mol. The summed E-state index contributed by atoms with van der Waals surface area (Å²) in [5.41, 5.74) is 7.44. The van der Waals surface area contributed by atoms with Crippen molar-refractivity contribution in [3.05, 3.63) is 29.3 Å². The number of nitrogens with two attached hydrogens (primary N) is 1. The number of benzene rings is 1. The van der Waals surface area contributed by atoms with Crippen LogP contribution < -0.4 is 10.5 Å². The Kier molecular flexibility index (Phi) is 5.59. The molecule has 1 atom stereocenters. The number of nitrogens with one attached hydrogen (secondary N) is 1. The van der Waals surface area contributed by atoms with Gasteiger partial charge in [-0.2, -0.15) is 0 Å². The van der Waals surface area contributed by atoms with Crippen molar-refractivity contribution in [1.29, 1.82) is 5.41 Å². The van der Waals surface area contributed by atoms with Gasteiger partial charge in [0, 0.05) is 19.7 Å². The lowest BCUT2D eigenvalue weighted by Gasteiger charge is -2.32. The van der Waals surface area contributed by atoms with E-state index in [1.807, 2.05) is 25.1 Å². The summed E-state index contributed by atoms with van der Waals surface area (Å²) in [6.07, 6.45) is 2.65. The Balaban J connectivity index is 2.05. The fourth-order valence-electron chi connectivity index (χ4n) is 2.85. The van der Waals surface area contributed by atoms with Crippen LogP contribution in [-0.4, -0.2) is 43.6 Å². The van der Waals surface area contributed by atoms with Gasteiger partial charge in [-0.05, 0) is 44.0 Å². The molecule has 116 valence electrons. The van der Waals surface area contributed by atoms with Crippen LogP contribution in [0.5, 0.6) is 5.75 Å². The van der Waals surface area contributed by atoms with E-state index in [1.165, 1.54) is 6.42 Å². The number of nitrogen functional groups attached to an aromatic ring is 1. The van der Waals surface area contributed by atoms with Gasteiger partial charge in [-0.3, -0.25) is 10.3 Å². The molecule has 0 aliphatic carbocycles. The van der Waals surface area contributed by atoms with Gasteiger partial charge in [-0.1, -0.05) is 6.07 Å². The SMILES string of the molecule is CCOC1CCCN(Cc2ccc(OC)c(C(=N)N)c2)C1. The minimum Gasteiger partial charge on any atom is -0.496 e. The molecule has 0 aromatic heterocycles. The van der Waals surface area contributed by atoms with Crippen LogP contribution in [0.15, 0.2) is 18.2 Å². The first-order valence-electron chi connectivity index (χ1n) is 7.49. The summed E-state index contributed by atoms with van der Waals surface area (Å²) in [6.45, 7) is 5.73. The summed E-state index contributed by atoms with van der Waals surface area (Å²) in [6, 6.07) is 5.87. The molecular formula is C16H25N3O2. The van der Waals surface area contributed by atoms with Crippen LogP contribution in [0.1, 0.15) is 30.9 Å². The summed E-state index contributed by atoms with van der Waals surface area (Å²) < 4.78 is 11.0. The zero-order valence-electron chi connectivity index (χ0n) is 12.9. The second kappa shape index (κ2) is 7.43. The van der Waals surface area contributed by atoms with E-state index >= 15 is 0 Å². The fourth-order valence-corrected chi connectivity index (χ4v) is 2.85. The quantitative estimate of drug-likeness (QED) is 0.621. The molecule has 1 fully saturated rings. The predicted molar refractivity (Wildman–Crippen MR) is 83.9 cm³/mol. The van der Waals surface area contributed by atoms with E-state index in [-0.39, 0.29) is 5.84 Å². The van der Waals surface area contributed by atoms with Gasteiger partial charge in [0.2, 0.25) is 0 Å². The summed E-state index contributed by atoms with van der Waals surface area (Å²) in [5, 5.41) is 7.65. The number of hydrogen-bond acceptors (Lipinski definition) is 4. The normalized spacial score (nSPS) is 19.4. The second-order valence-corrected chi connectivity index (χ2v) is 5.40. The topological polar surface area (TPSA) is 71.6 Å². The van der Waals surface area contributed by atoms with Crippen LogP contribution in [-0.2, 0) is 11.3 Å². The second-order valence-electron chi connectivity index (χ2n) is 5.40. The maximum absolute atomic E-state index is 7.65. The minimum absolute atomic E-state index is 0.0412. The van der Waals surface area contributed by atoms with Gasteiger partial charge in [0.1, 0.15) is 11.6 Å². The first-order valence-corrected chi connectivity index (χ1v) is 7.49. The highest BCUT2D eigenvalue weighted by Gasteiger charge is 2.20. The standard InChI is InChI=1S/C16H25N3O2/c1-3-21-13-5-4-8-19(11-13)10-12-6-7-15(20-2)14(9-12)16(17)18/h6-7,9,13H,3-5,8,10-11H2,1-2H3,(H3,17,18). The van der Waals surface area contributed by atoms with Crippen LogP contribution in [0.4, 0.5) is 0 Å². The lowest BCUT2D eigenvalue weighted by Crippen LogP contribution is -2.39. The summed E-state index contributed by atoms with van der Waals surface area (Å²) in [7, 11) is 1.60. The van der Waals surface area contributed by atoms with Crippen LogP contribution in [0, 0.1) is 5.41 Å². The average molecular weight is 291 g/mol. The van der Waals surface area contributed by atoms with E-state index < -0.39 is 0 Å². The van der Waals surface area contributed by atoms with E-state index in [9.17, 15) is 0 Å². The van der Waals surface area contributed by atoms with Crippen molar-refractivity contribution in [1.82, 2.24) is 4.90 Å². The van der Waals surface area contributed by atoms with E-state index in [2.05, 4.69) is 4.90 Å². The number of hydrogen-bond donors (Lipinski definition) is 2. The lowest BCUT2D eigenvalue weighted by atomic mass is 10.0. The molecule has 2 rings (SSSR count). The molecule has 0 saturated carbocycles. The number of piperidine rings is 1. The number of methoxy groups -OCH3 is 1. The number of ether oxygens (including phenoxy) is 2. The molecule has 0 amide bonds. The van der Waals surface area contributed by atoms with Gasteiger partial charge in [0.25, 0.3) is 0 Å². The third kappa shape index (κ3) is 4.19. The summed E-state index contributed by atoms with van der Waals surface area (Å²) in [5.74, 6) is 0.691. The molecular weight excluding hydrogens is 266 g/mol. The Morgan fingerprint density at radius 1 is 1.48 bits per heavy atom. The van der Waals surface area contributed by atoms with Gasteiger partial charge in [-0.15, -0.1) is 0 Å². The molecule has 1 unspecified atom stereocenters. The van der Waals surface area contributed by atoms with Gasteiger partial charge in [0.05, 0.1) is 18.8 Å². The highest BCUT2D eigenvalue weighted by atomic mass is 16.5. The van der Waals surface area contributed by atoms with Crippen molar-refractivity contribution in [2.45, 2.75) is 32.4 Å². The average Bonchev–Trinajstić information content (AvgIpc) is 2.48. The molecule has 1 aliphatic heterocycles. The van der Waals surface area contributed by atoms with Gasteiger partial charge in [-0.25, -0.2) is 0 Å². The maximum atomic E-state index is 7.65. The Bertz CT molecular complexity index is 488. The highest BCUT2D eigenvalue weighted by Crippen LogP contribution is 2.22. The lowest BCUT2D eigenvalue weighted by molar-refractivity contribution is 0.00363. The molecule has 0 radical (unpaired) electrons. The molecule has 5 nitrogen and oxygen atoms in total. The first-order chi connectivity index (χ1) is 10.1. The zero-order chi connectivity index (χ0) is 15.2. The Morgan fingerprint density at radius 2 is 2.29 bits per heavy atom.